The molecule has 1 aromatic rings. The largest absolute Gasteiger partial charge is 0.312 e. The first-order valence-electron chi connectivity index (χ1n) is 7.51. The fraction of sp³-hybridized carbons (Fsp3) is 0.625. The summed E-state index contributed by atoms with van der Waals surface area (Å²) < 4.78 is 13.4. The summed E-state index contributed by atoms with van der Waals surface area (Å²) in [6.07, 6.45) is 3.68. The van der Waals surface area contributed by atoms with E-state index in [0.717, 1.165) is 37.5 Å². The molecule has 1 N–H and O–H groups in total. The van der Waals surface area contributed by atoms with Gasteiger partial charge in [0.05, 0.1) is 0 Å². The third kappa shape index (κ3) is 2.67. The molecule has 0 saturated carbocycles. The Labute approximate surface area is 115 Å². The van der Waals surface area contributed by atoms with E-state index in [1.54, 1.807) is 6.07 Å². The van der Waals surface area contributed by atoms with Gasteiger partial charge in [-0.2, -0.15) is 0 Å². The molecule has 2 saturated heterocycles. The van der Waals surface area contributed by atoms with Crippen molar-refractivity contribution >= 4 is 0 Å². The zero-order valence-electron chi connectivity index (χ0n) is 11.6. The molecule has 2 aliphatic rings. The highest BCUT2D eigenvalue weighted by atomic mass is 19.1. The molecular formula is C16H23FN2. The van der Waals surface area contributed by atoms with Crippen LogP contribution in [0.15, 0.2) is 24.3 Å². The van der Waals surface area contributed by atoms with Gasteiger partial charge < -0.3 is 5.32 Å². The molecule has 104 valence electrons. The maximum Gasteiger partial charge on any atom is 0.123 e. The first-order valence-corrected chi connectivity index (χ1v) is 7.51. The van der Waals surface area contributed by atoms with Crippen LogP contribution in [0.25, 0.3) is 0 Å². The van der Waals surface area contributed by atoms with Gasteiger partial charge in [-0.25, -0.2) is 4.39 Å². The van der Waals surface area contributed by atoms with Gasteiger partial charge in [-0.1, -0.05) is 19.1 Å². The molecule has 2 heterocycles. The van der Waals surface area contributed by atoms with E-state index < -0.39 is 0 Å². The van der Waals surface area contributed by atoms with Gasteiger partial charge in [-0.3, -0.25) is 4.90 Å². The summed E-state index contributed by atoms with van der Waals surface area (Å²) in [7, 11) is 0. The molecule has 1 aromatic carbocycles. The molecule has 19 heavy (non-hydrogen) atoms. The van der Waals surface area contributed by atoms with Crippen LogP contribution >= 0.6 is 0 Å². The zero-order chi connectivity index (χ0) is 13.2. The molecule has 2 fully saturated rings. The maximum absolute atomic E-state index is 13.4. The van der Waals surface area contributed by atoms with Crippen molar-refractivity contribution in [3.63, 3.8) is 0 Å². The van der Waals surface area contributed by atoms with Gasteiger partial charge in [0.1, 0.15) is 5.82 Å². The zero-order valence-corrected chi connectivity index (χ0v) is 11.6. The lowest BCUT2D eigenvalue weighted by Crippen LogP contribution is -2.40. The van der Waals surface area contributed by atoms with E-state index in [-0.39, 0.29) is 5.82 Å². The van der Waals surface area contributed by atoms with E-state index in [1.807, 2.05) is 6.07 Å². The third-order valence-electron chi connectivity index (χ3n) is 4.69. The van der Waals surface area contributed by atoms with Crippen molar-refractivity contribution in [3.8, 4) is 0 Å². The Hall–Kier alpha value is -0.930. The Bertz CT molecular complexity index is 421. The molecular weight excluding hydrogens is 239 g/mol. The molecule has 3 atom stereocenters. The second kappa shape index (κ2) is 5.59. The molecule has 0 aliphatic carbocycles. The van der Waals surface area contributed by atoms with Crippen LogP contribution in [0.2, 0.25) is 0 Å². The van der Waals surface area contributed by atoms with E-state index in [9.17, 15) is 4.39 Å². The van der Waals surface area contributed by atoms with Crippen LogP contribution in [0.3, 0.4) is 0 Å². The minimum absolute atomic E-state index is 0.120. The van der Waals surface area contributed by atoms with Crippen LogP contribution in [0.1, 0.15) is 37.8 Å². The lowest BCUT2D eigenvalue weighted by Gasteiger charge is -2.27. The van der Waals surface area contributed by atoms with Crippen molar-refractivity contribution in [2.24, 2.45) is 5.92 Å². The number of fused-ring (bicyclic) bond motifs is 1. The highest BCUT2D eigenvalue weighted by Gasteiger charge is 2.37. The highest BCUT2D eigenvalue weighted by Crippen LogP contribution is 2.33. The van der Waals surface area contributed by atoms with Crippen molar-refractivity contribution in [2.75, 3.05) is 19.6 Å². The summed E-state index contributed by atoms with van der Waals surface area (Å²) in [5.41, 5.74) is 1.13. The van der Waals surface area contributed by atoms with Crippen LogP contribution in [-0.2, 0) is 0 Å². The minimum atomic E-state index is -0.120. The second-order valence-corrected chi connectivity index (χ2v) is 5.90. The van der Waals surface area contributed by atoms with Crippen LogP contribution in [0.5, 0.6) is 0 Å². The Balaban J connectivity index is 1.76. The SMILES string of the molecule is CCC(c1cccc(F)c1)N1C[C@@H]2CCCN[C@@H]2C1. The molecule has 0 spiro atoms. The predicted molar refractivity (Wildman–Crippen MR) is 75.5 cm³/mol. The van der Waals surface area contributed by atoms with E-state index in [2.05, 4.69) is 23.2 Å². The first-order chi connectivity index (χ1) is 9.28. The number of nitrogens with zero attached hydrogens (tertiary/aromatic N) is 1. The fourth-order valence-corrected chi connectivity index (χ4v) is 3.75. The molecule has 3 heteroatoms. The van der Waals surface area contributed by atoms with Gasteiger partial charge in [0.15, 0.2) is 0 Å². The van der Waals surface area contributed by atoms with E-state index >= 15 is 0 Å². The van der Waals surface area contributed by atoms with Crippen molar-refractivity contribution in [1.29, 1.82) is 0 Å². The Morgan fingerprint density at radius 2 is 2.32 bits per heavy atom. The standard InChI is InChI=1S/C16H23FN2/c1-2-16(12-5-3-7-14(17)9-12)19-10-13-6-4-8-18-15(13)11-19/h3,5,7,9,13,15-16,18H,2,4,6,8,10-11H2,1H3/t13-,15+,16?/m0/s1. The van der Waals surface area contributed by atoms with E-state index in [4.69, 9.17) is 0 Å². The summed E-state index contributed by atoms with van der Waals surface area (Å²) in [5.74, 6) is 0.669. The fourth-order valence-electron chi connectivity index (χ4n) is 3.75. The van der Waals surface area contributed by atoms with E-state index in [1.165, 1.54) is 18.9 Å². The average molecular weight is 262 g/mol. The smallest absolute Gasteiger partial charge is 0.123 e. The van der Waals surface area contributed by atoms with Crippen LogP contribution in [0.4, 0.5) is 4.39 Å². The lowest BCUT2D eigenvalue weighted by atomic mass is 9.94. The number of nitrogens with one attached hydrogen (secondary N) is 1. The Morgan fingerprint density at radius 3 is 3.05 bits per heavy atom. The van der Waals surface area contributed by atoms with E-state index in [0.29, 0.717) is 12.1 Å². The number of benzene rings is 1. The van der Waals surface area contributed by atoms with Crippen LogP contribution in [0, 0.1) is 11.7 Å². The summed E-state index contributed by atoms with van der Waals surface area (Å²) in [6, 6.07) is 8.13. The number of hydrogen-bond donors (Lipinski definition) is 1. The second-order valence-electron chi connectivity index (χ2n) is 5.90. The van der Waals surface area contributed by atoms with Gasteiger partial charge >= 0.3 is 0 Å². The third-order valence-corrected chi connectivity index (χ3v) is 4.69. The van der Waals surface area contributed by atoms with Gasteiger partial charge in [0.25, 0.3) is 0 Å². The number of piperidine rings is 1. The van der Waals surface area contributed by atoms with Crippen LogP contribution < -0.4 is 5.32 Å². The first kappa shape index (κ1) is 13.1. The normalized spacial score (nSPS) is 29.2. The highest BCUT2D eigenvalue weighted by molar-refractivity contribution is 5.21. The number of halogens is 1. The minimum Gasteiger partial charge on any atom is -0.312 e. The topological polar surface area (TPSA) is 15.3 Å². The quantitative estimate of drug-likeness (QED) is 0.901. The predicted octanol–water partition coefficient (Wildman–Crippen LogP) is 2.96. The Kier molecular flexibility index (Phi) is 3.85. The molecule has 3 rings (SSSR count). The molecule has 0 aromatic heterocycles. The van der Waals surface area contributed by atoms with Gasteiger partial charge in [0, 0.05) is 25.2 Å². The maximum atomic E-state index is 13.4. The van der Waals surface area contributed by atoms with Crippen molar-refractivity contribution < 1.29 is 4.39 Å². The molecule has 0 amide bonds. The van der Waals surface area contributed by atoms with Crippen LogP contribution in [-0.4, -0.2) is 30.6 Å². The number of likely N-dealkylation sites (tertiary alicyclic amines) is 1. The summed E-state index contributed by atoms with van der Waals surface area (Å²) in [5, 5.41) is 3.64. The number of rotatable bonds is 3. The number of hydrogen-bond acceptors (Lipinski definition) is 2. The average Bonchev–Trinajstić information content (AvgIpc) is 2.83. The van der Waals surface area contributed by atoms with Gasteiger partial charge in [0.2, 0.25) is 0 Å². The molecule has 2 aliphatic heterocycles. The van der Waals surface area contributed by atoms with Crippen molar-refractivity contribution in [3.05, 3.63) is 35.6 Å². The molecule has 1 unspecified atom stereocenters. The molecule has 0 bridgehead atoms. The molecule has 2 nitrogen and oxygen atoms in total. The van der Waals surface area contributed by atoms with Gasteiger partial charge in [-0.05, 0) is 49.4 Å². The van der Waals surface area contributed by atoms with Gasteiger partial charge in [-0.15, -0.1) is 0 Å². The summed E-state index contributed by atoms with van der Waals surface area (Å²) >= 11 is 0. The summed E-state index contributed by atoms with van der Waals surface area (Å²) in [6.45, 7) is 5.63. The summed E-state index contributed by atoms with van der Waals surface area (Å²) in [4.78, 5) is 2.54. The van der Waals surface area contributed by atoms with Crippen molar-refractivity contribution in [1.82, 2.24) is 10.2 Å². The molecule has 0 radical (unpaired) electrons. The monoisotopic (exact) mass is 262 g/mol. The van der Waals surface area contributed by atoms with Crippen molar-refractivity contribution in [2.45, 2.75) is 38.3 Å². The lowest BCUT2D eigenvalue weighted by molar-refractivity contribution is 0.228. The Morgan fingerprint density at radius 1 is 1.42 bits per heavy atom.